The number of furan rings is 1. The van der Waals surface area contributed by atoms with Gasteiger partial charge in [0.2, 0.25) is 11.7 Å². The summed E-state index contributed by atoms with van der Waals surface area (Å²) in [5.74, 6) is 1.09. The number of rotatable bonds is 6. The van der Waals surface area contributed by atoms with Crippen LogP contribution in [0, 0.1) is 6.92 Å². The summed E-state index contributed by atoms with van der Waals surface area (Å²) >= 11 is 2.64. The molecule has 1 amide bonds. The highest BCUT2D eigenvalue weighted by Crippen LogP contribution is 2.25. The molecule has 31 heavy (non-hydrogen) atoms. The number of benzene rings is 1. The first-order chi connectivity index (χ1) is 15.1. The predicted octanol–water partition coefficient (Wildman–Crippen LogP) is 3.79. The first-order valence-corrected chi connectivity index (χ1v) is 11.3. The second-order valence-corrected chi connectivity index (χ2v) is 8.73. The number of carbonyl (C=O) groups is 1. The van der Waals surface area contributed by atoms with Crippen LogP contribution in [0.2, 0.25) is 0 Å². The summed E-state index contributed by atoms with van der Waals surface area (Å²) in [6.07, 6.45) is 1.57. The Morgan fingerprint density at radius 3 is 2.87 bits per heavy atom. The third kappa shape index (κ3) is 3.64. The van der Waals surface area contributed by atoms with Crippen LogP contribution in [0.1, 0.15) is 11.3 Å². The minimum atomic E-state index is -0.143. The molecular weight excluding hydrogens is 434 g/mol. The van der Waals surface area contributed by atoms with E-state index in [1.807, 2.05) is 53.1 Å². The molecule has 0 bridgehead atoms. The molecule has 10 heteroatoms. The Hall–Kier alpha value is -3.37. The van der Waals surface area contributed by atoms with E-state index in [-0.39, 0.29) is 23.8 Å². The lowest BCUT2D eigenvalue weighted by Crippen LogP contribution is -2.23. The van der Waals surface area contributed by atoms with Crippen LogP contribution in [-0.4, -0.2) is 30.8 Å². The molecule has 0 radical (unpaired) electrons. The monoisotopic (exact) mass is 451 g/mol. The molecule has 0 aliphatic rings. The topological polar surface area (TPSA) is 94.4 Å². The van der Waals surface area contributed by atoms with Crippen molar-refractivity contribution in [3.8, 4) is 0 Å². The standard InChI is InChI=1S/C21H17N5O3S2/c1-13-5-2-3-7-15(13)22-17(27)12-31-21-24-23-20-25(11-14-6-4-9-29-14)19(28)18-16(26(20)21)8-10-30-18/h2-10H,11-12H2,1H3,(H,22,27). The van der Waals surface area contributed by atoms with Crippen molar-refractivity contribution in [2.24, 2.45) is 0 Å². The van der Waals surface area contributed by atoms with E-state index in [1.54, 1.807) is 16.9 Å². The molecule has 0 fully saturated rings. The van der Waals surface area contributed by atoms with E-state index >= 15 is 0 Å². The number of hydrogen-bond acceptors (Lipinski definition) is 7. The van der Waals surface area contributed by atoms with Crippen molar-refractivity contribution in [3.05, 3.63) is 75.8 Å². The van der Waals surface area contributed by atoms with E-state index in [0.717, 1.165) is 16.8 Å². The zero-order chi connectivity index (χ0) is 21.4. The number of anilines is 1. The third-order valence-corrected chi connectivity index (χ3v) is 6.65. The van der Waals surface area contributed by atoms with Gasteiger partial charge in [-0.15, -0.1) is 21.5 Å². The average molecular weight is 452 g/mol. The van der Waals surface area contributed by atoms with Gasteiger partial charge in [-0.1, -0.05) is 30.0 Å². The molecule has 1 aromatic carbocycles. The molecule has 1 N–H and O–H groups in total. The van der Waals surface area contributed by atoms with E-state index in [1.165, 1.54) is 23.1 Å². The predicted molar refractivity (Wildman–Crippen MR) is 121 cm³/mol. The Labute approximate surface area is 184 Å². The number of thioether (sulfide) groups is 1. The van der Waals surface area contributed by atoms with Gasteiger partial charge < -0.3 is 9.73 Å². The molecule has 4 heterocycles. The zero-order valence-electron chi connectivity index (χ0n) is 16.4. The molecule has 4 aromatic heterocycles. The second-order valence-electron chi connectivity index (χ2n) is 6.88. The molecule has 5 rings (SSSR count). The summed E-state index contributed by atoms with van der Waals surface area (Å²) in [5.41, 5.74) is 2.37. The number of carbonyl (C=O) groups excluding carboxylic acids is 1. The van der Waals surface area contributed by atoms with E-state index < -0.39 is 0 Å². The summed E-state index contributed by atoms with van der Waals surface area (Å²) in [4.78, 5) is 25.5. The van der Waals surface area contributed by atoms with Gasteiger partial charge in [-0.25, -0.2) is 0 Å². The number of amides is 1. The van der Waals surface area contributed by atoms with Gasteiger partial charge in [0, 0.05) is 5.69 Å². The number of hydrogen-bond donors (Lipinski definition) is 1. The van der Waals surface area contributed by atoms with E-state index in [2.05, 4.69) is 15.5 Å². The summed E-state index contributed by atoms with van der Waals surface area (Å²) in [5, 5.41) is 13.8. The highest BCUT2D eigenvalue weighted by atomic mass is 32.2. The van der Waals surface area contributed by atoms with Crippen LogP contribution in [0.4, 0.5) is 5.69 Å². The molecule has 0 saturated heterocycles. The highest BCUT2D eigenvalue weighted by molar-refractivity contribution is 7.99. The Morgan fingerprint density at radius 1 is 1.19 bits per heavy atom. The van der Waals surface area contributed by atoms with Crippen molar-refractivity contribution in [2.75, 3.05) is 11.1 Å². The van der Waals surface area contributed by atoms with E-state index in [9.17, 15) is 9.59 Å². The smallest absolute Gasteiger partial charge is 0.273 e. The number of aromatic nitrogens is 4. The van der Waals surface area contributed by atoms with Crippen molar-refractivity contribution >= 4 is 50.7 Å². The van der Waals surface area contributed by atoms with Crippen LogP contribution in [0.3, 0.4) is 0 Å². The molecule has 0 saturated carbocycles. The molecule has 0 unspecified atom stereocenters. The fourth-order valence-electron chi connectivity index (χ4n) is 3.32. The van der Waals surface area contributed by atoms with Gasteiger partial charge in [0.25, 0.3) is 5.56 Å². The number of fused-ring (bicyclic) bond motifs is 3. The maximum Gasteiger partial charge on any atom is 0.273 e. The van der Waals surface area contributed by atoms with Crippen LogP contribution in [0.25, 0.3) is 16.0 Å². The summed E-state index contributed by atoms with van der Waals surface area (Å²) in [7, 11) is 0. The molecule has 0 atom stereocenters. The van der Waals surface area contributed by atoms with Gasteiger partial charge in [0.15, 0.2) is 5.16 Å². The maximum atomic E-state index is 13.0. The Balaban J connectivity index is 1.47. The van der Waals surface area contributed by atoms with Gasteiger partial charge in [0.1, 0.15) is 10.5 Å². The number of thiophene rings is 1. The maximum absolute atomic E-state index is 13.0. The number of nitrogens with zero attached hydrogens (tertiary/aromatic N) is 4. The number of nitrogens with one attached hydrogen (secondary N) is 1. The van der Waals surface area contributed by atoms with Crippen LogP contribution in [0.5, 0.6) is 0 Å². The molecular formula is C21H17N5O3S2. The third-order valence-electron chi connectivity index (χ3n) is 4.83. The van der Waals surface area contributed by atoms with Gasteiger partial charge in [-0.05, 0) is 42.1 Å². The largest absolute Gasteiger partial charge is 0.467 e. The van der Waals surface area contributed by atoms with Gasteiger partial charge >= 0.3 is 0 Å². The first kappa shape index (κ1) is 19.6. The lowest BCUT2D eigenvalue weighted by Gasteiger charge is -2.09. The first-order valence-electron chi connectivity index (χ1n) is 9.47. The summed E-state index contributed by atoms with van der Waals surface area (Å²) < 4.78 is 9.38. The van der Waals surface area contributed by atoms with Crippen molar-refractivity contribution in [1.82, 2.24) is 19.2 Å². The molecule has 8 nitrogen and oxygen atoms in total. The van der Waals surface area contributed by atoms with Crippen LogP contribution in [-0.2, 0) is 11.3 Å². The number of para-hydroxylation sites is 1. The average Bonchev–Trinajstić information content (AvgIpc) is 3.51. The fourth-order valence-corrected chi connectivity index (χ4v) is 4.89. The Kier molecular flexibility index (Phi) is 5.08. The van der Waals surface area contributed by atoms with Crippen molar-refractivity contribution in [3.63, 3.8) is 0 Å². The summed E-state index contributed by atoms with van der Waals surface area (Å²) in [6, 6.07) is 13.1. The Morgan fingerprint density at radius 2 is 2.06 bits per heavy atom. The molecule has 156 valence electrons. The molecule has 0 spiro atoms. The van der Waals surface area contributed by atoms with Gasteiger partial charge in [-0.2, -0.15) is 0 Å². The minimum Gasteiger partial charge on any atom is -0.467 e. The normalized spacial score (nSPS) is 11.4. The van der Waals surface area contributed by atoms with Crippen molar-refractivity contribution < 1.29 is 9.21 Å². The van der Waals surface area contributed by atoms with Crippen molar-refractivity contribution in [2.45, 2.75) is 18.6 Å². The van der Waals surface area contributed by atoms with Gasteiger partial charge in [-0.3, -0.25) is 18.6 Å². The zero-order valence-corrected chi connectivity index (χ0v) is 18.1. The fraction of sp³-hybridized carbons (Fsp3) is 0.143. The van der Waals surface area contributed by atoms with E-state index in [0.29, 0.717) is 21.4 Å². The minimum absolute atomic E-state index is 0.137. The van der Waals surface area contributed by atoms with E-state index in [4.69, 9.17) is 4.42 Å². The SMILES string of the molecule is Cc1ccccc1NC(=O)CSc1nnc2n(Cc3ccco3)c(=O)c3sccc3n12. The molecule has 0 aliphatic heterocycles. The molecule has 5 aromatic rings. The highest BCUT2D eigenvalue weighted by Gasteiger charge is 2.19. The lowest BCUT2D eigenvalue weighted by atomic mass is 10.2. The van der Waals surface area contributed by atoms with Crippen LogP contribution >= 0.6 is 23.1 Å². The second kappa shape index (κ2) is 8.05. The lowest BCUT2D eigenvalue weighted by molar-refractivity contribution is -0.113. The summed E-state index contributed by atoms with van der Waals surface area (Å²) in [6.45, 7) is 2.19. The quantitative estimate of drug-likeness (QED) is 0.395. The number of aryl methyl sites for hydroxylation is 1. The molecule has 0 aliphatic carbocycles. The van der Waals surface area contributed by atoms with Gasteiger partial charge in [0.05, 0.1) is 24.1 Å². The Bertz CT molecular complexity index is 1450. The van der Waals surface area contributed by atoms with Crippen LogP contribution in [0.15, 0.2) is 68.5 Å². The van der Waals surface area contributed by atoms with Crippen LogP contribution < -0.4 is 10.9 Å². The van der Waals surface area contributed by atoms with Crippen molar-refractivity contribution in [1.29, 1.82) is 0 Å².